The molecule has 0 saturated carbocycles. The molecule has 0 unspecified atom stereocenters. The van der Waals surface area contributed by atoms with Crippen LogP contribution in [-0.4, -0.2) is 12.6 Å². The van der Waals surface area contributed by atoms with Crippen LogP contribution in [0.3, 0.4) is 0 Å². The van der Waals surface area contributed by atoms with Gasteiger partial charge in [0.25, 0.3) is 0 Å². The van der Waals surface area contributed by atoms with Crippen molar-refractivity contribution in [3.8, 4) is 16.8 Å². The first kappa shape index (κ1) is 38.4. The maximum absolute atomic E-state index is 2.81. The fourth-order valence-electron chi connectivity index (χ4n) is 10.4. The van der Waals surface area contributed by atoms with Crippen molar-refractivity contribution in [2.75, 3.05) is 4.90 Å². The molecule has 0 atom stereocenters. The van der Waals surface area contributed by atoms with E-state index in [-0.39, 0.29) is 0 Å². The normalized spacial score (nSPS) is 11.7. The molecule has 0 N–H and O–H groups in total. The zero-order valence-electron chi connectivity index (χ0n) is 35.8. The molecule has 306 valence electrons. The van der Waals surface area contributed by atoms with Gasteiger partial charge in [0.2, 0.25) is 0 Å². The minimum atomic E-state index is -2.81. The molecule has 0 amide bonds. The van der Waals surface area contributed by atoms with E-state index < -0.39 is 8.07 Å². The summed E-state index contributed by atoms with van der Waals surface area (Å²) in [5.41, 5.74) is 9.27. The van der Waals surface area contributed by atoms with Crippen molar-refractivity contribution < 1.29 is 0 Å². The largest absolute Gasteiger partial charge is 0.310 e. The molecule has 65 heavy (non-hydrogen) atoms. The Kier molecular flexibility index (Phi) is 9.55. The Balaban J connectivity index is 1.06. The first-order chi connectivity index (χ1) is 32.3. The lowest BCUT2D eigenvalue weighted by molar-refractivity contribution is 1.18. The van der Waals surface area contributed by atoms with Gasteiger partial charge in [-0.05, 0) is 114 Å². The predicted molar refractivity (Wildman–Crippen MR) is 280 cm³/mol. The Bertz CT molecular complexity index is 3540. The molecule has 12 aromatic rings. The van der Waals surface area contributed by atoms with E-state index >= 15 is 0 Å². The second-order valence-corrected chi connectivity index (χ2v) is 20.7. The SMILES string of the molecule is c1ccc(-n2c3ccccc3c3c(-c4ccc(N(c5cccc([Si](c6ccccc6)(c6ccccc6)c6ccccc6)c5)c5ccc6c(ccc7ccccc76)c5)cc4)cccc32)cc1. The third-order valence-electron chi connectivity index (χ3n) is 13.3. The molecule has 0 aliphatic carbocycles. The number of hydrogen-bond acceptors (Lipinski definition) is 1. The van der Waals surface area contributed by atoms with Gasteiger partial charge in [0, 0.05) is 33.5 Å². The van der Waals surface area contributed by atoms with Crippen molar-refractivity contribution >= 4 is 89.2 Å². The summed E-state index contributed by atoms with van der Waals surface area (Å²) in [6, 6.07) is 98.5. The van der Waals surface area contributed by atoms with Crippen molar-refractivity contribution in [3.63, 3.8) is 0 Å². The van der Waals surface area contributed by atoms with Crippen molar-refractivity contribution in [2.24, 2.45) is 0 Å². The van der Waals surface area contributed by atoms with Crippen molar-refractivity contribution in [3.05, 3.63) is 267 Å². The quantitative estimate of drug-likeness (QED) is 0.0798. The van der Waals surface area contributed by atoms with Crippen LogP contribution in [0, 0.1) is 0 Å². The van der Waals surface area contributed by atoms with Gasteiger partial charge < -0.3 is 9.47 Å². The molecule has 0 aliphatic rings. The standard InChI is InChI=1S/C62H44N2Si/c1-5-20-48(21-6-1)64-60-33-16-15-31-59(60)62-58(32-18-34-61(62)64)46-37-39-49(40-38-46)63(51-41-42-57-47(43-51)36-35-45-19-13-14-30-56(45)57)50-22-17-29-55(44-50)65(52-23-7-2-8-24-52,53-25-9-3-10-26-53)54-27-11-4-12-28-54/h1-44H. The van der Waals surface area contributed by atoms with Crippen molar-refractivity contribution in [1.82, 2.24) is 4.57 Å². The molecule has 1 heterocycles. The predicted octanol–water partition coefficient (Wildman–Crippen LogP) is 13.6. The second kappa shape index (κ2) is 16.1. The maximum atomic E-state index is 2.47. The smallest absolute Gasteiger partial charge is 0.179 e. The lowest BCUT2D eigenvalue weighted by Gasteiger charge is -2.35. The molecular weight excluding hydrogens is 801 g/mol. The van der Waals surface area contributed by atoms with Crippen molar-refractivity contribution in [1.29, 1.82) is 0 Å². The summed E-state index contributed by atoms with van der Waals surface area (Å²) in [5.74, 6) is 0. The number of rotatable bonds is 9. The zero-order chi connectivity index (χ0) is 43.2. The van der Waals surface area contributed by atoms with E-state index in [0.29, 0.717) is 0 Å². The van der Waals surface area contributed by atoms with Gasteiger partial charge in [0.15, 0.2) is 8.07 Å². The fourth-order valence-corrected chi connectivity index (χ4v) is 15.2. The van der Waals surface area contributed by atoms with E-state index in [9.17, 15) is 0 Å². The summed E-state index contributed by atoms with van der Waals surface area (Å²) in [5, 5.41) is 12.9. The molecule has 0 fully saturated rings. The van der Waals surface area contributed by atoms with Crippen LogP contribution in [0.5, 0.6) is 0 Å². The molecule has 0 saturated heterocycles. The Labute approximate surface area is 380 Å². The van der Waals surface area contributed by atoms with Crippen LogP contribution in [0.4, 0.5) is 17.1 Å². The molecule has 3 heteroatoms. The number of nitrogens with zero attached hydrogens (tertiary/aromatic N) is 2. The van der Waals surface area contributed by atoms with Gasteiger partial charge in [-0.2, -0.15) is 0 Å². The lowest BCUT2D eigenvalue weighted by Crippen LogP contribution is -2.74. The number of para-hydroxylation sites is 2. The number of fused-ring (bicyclic) bond motifs is 6. The zero-order valence-corrected chi connectivity index (χ0v) is 36.8. The summed E-state index contributed by atoms with van der Waals surface area (Å²) in [7, 11) is -2.81. The third kappa shape index (κ3) is 6.47. The molecular formula is C62H44N2Si. The fraction of sp³-hybridized carbons (Fsp3) is 0. The van der Waals surface area contributed by atoms with Gasteiger partial charge in [-0.15, -0.1) is 0 Å². The van der Waals surface area contributed by atoms with Crippen LogP contribution < -0.4 is 25.6 Å². The average molecular weight is 845 g/mol. The van der Waals surface area contributed by atoms with E-state index in [1.54, 1.807) is 0 Å². The van der Waals surface area contributed by atoms with Crippen LogP contribution in [0.2, 0.25) is 0 Å². The number of aromatic nitrogens is 1. The number of benzene rings is 11. The molecule has 0 radical (unpaired) electrons. The maximum Gasteiger partial charge on any atom is 0.179 e. The summed E-state index contributed by atoms with van der Waals surface area (Å²) < 4.78 is 2.39. The van der Waals surface area contributed by atoms with Gasteiger partial charge in [-0.1, -0.05) is 206 Å². The molecule has 2 nitrogen and oxygen atoms in total. The first-order valence-electron chi connectivity index (χ1n) is 22.4. The summed E-state index contributed by atoms with van der Waals surface area (Å²) in [4.78, 5) is 2.45. The molecule has 0 aliphatic heterocycles. The van der Waals surface area contributed by atoms with Crippen LogP contribution in [0.1, 0.15) is 0 Å². The van der Waals surface area contributed by atoms with Crippen LogP contribution in [-0.2, 0) is 0 Å². The Hall–Kier alpha value is -8.24. The molecule has 1 aromatic heterocycles. The highest BCUT2D eigenvalue weighted by atomic mass is 28.3. The van der Waals surface area contributed by atoms with Gasteiger partial charge in [-0.25, -0.2) is 0 Å². The molecule has 0 spiro atoms. The lowest BCUT2D eigenvalue weighted by atomic mass is 9.98. The highest BCUT2D eigenvalue weighted by molar-refractivity contribution is 7.19. The Morgan fingerprint density at radius 3 is 1.51 bits per heavy atom. The third-order valence-corrected chi connectivity index (χ3v) is 18.1. The van der Waals surface area contributed by atoms with E-state index in [2.05, 4.69) is 276 Å². The number of hydrogen-bond donors (Lipinski definition) is 0. The van der Waals surface area contributed by atoms with E-state index in [1.807, 2.05) is 0 Å². The van der Waals surface area contributed by atoms with Gasteiger partial charge in [0.1, 0.15) is 0 Å². The van der Waals surface area contributed by atoms with E-state index in [0.717, 1.165) is 22.7 Å². The Morgan fingerprint density at radius 1 is 0.308 bits per heavy atom. The molecule has 0 bridgehead atoms. The van der Waals surface area contributed by atoms with Crippen LogP contribution >= 0.6 is 0 Å². The van der Waals surface area contributed by atoms with Gasteiger partial charge in [-0.3, -0.25) is 0 Å². The van der Waals surface area contributed by atoms with Crippen LogP contribution in [0.15, 0.2) is 267 Å². The topological polar surface area (TPSA) is 8.17 Å². The summed E-state index contributed by atoms with van der Waals surface area (Å²) >= 11 is 0. The highest BCUT2D eigenvalue weighted by Crippen LogP contribution is 2.41. The van der Waals surface area contributed by atoms with E-state index in [4.69, 9.17) is 0 Å². The molecule has 11 aromatic carbocycles. The number of anilines is 3. The van der Waals surface area contributed by atoms with Crippen LogP contribution in [0.25, 0.3) is 60.2 Å². The highest BCUT2D eigenvalue weighted by Gasteiger charge is 2.41. The average Bonchev–Trinajstić information content (AvgIpc) is 3.73. The minimum Gasteiger partial charge on any atom is -0.310 e. The van der Waals surface area contributed by atoms with E-state index in [1.165, 1.54) is 75.2 Å². The second-order valence-electron chi connectivity index (χ2n) is 16.9. The molecule has 12 rings (SSSR count). The Morgan fingerprint density at radius 2 is 0.815 bits per heavy atom. The summed E-state index contributed by atoms with van der Waals surface area (Å²) in [6.45, 7) is 0. The summed E-state index contributed by atoms with van der Waals surface area (Å²) in [6.07, 6.45) is 0. The van der Waals surface area contributed by atoms with Gasteiger partial charge in [0.05, 0.1) is 11.0 Å². The monoisotopic (exact) mass is 844 g/mol. The van der Waals surface area contributed by atoms with Crippen molar-refractivity contribution in [2.45, 2.75) is 0 Å². The van der Waals surface area contributed by atoms with Gasteiger partial charge >= 0.3 is 0 Å². The first-order valence-corrected chi connectivity index (χ1v) is 24.4. The minimum absolute atomic E-state index is 1.09.